The number of Topliss-reactive ketones (excluding diaryl/α,β-unsaturated/α-hetero) is 2. The van der Waals surface area contributed by atoms with Crippen LogP contribution in [0.4, 0.5) is 0 Å². The summed E-state index contributed by atoms with van der Waals surface area (Å²) in [6, 6.07) is 8.95. The summed E-state index contributed by atoms with van der Waals surface area (Å²) in [6.07, 6.45) is 0. The van der Waals surface area contributed by atoms with Gasteiger partial charge in [0.05, 0.1) is 4.90 Å². The molecule has 0 aliphatic carbocycles. The fourth-order valence-corrected chi connectivity index (χ4v) is 3.61. The van der Waals surface area contributed by atoms with Gasteiger partial charge in [-0.25, -0.2) is 8.42 Å². The maximum absolute atomic E-state index is 12.3. The lowest BCUT2D eigenvalue weighted by Gasteiger charge is -2.10. The van der Waals surface area contributed by atoms with Crippen LogP contribution in [0.2, 0.25) is 0 Å². The zero-order valence-corrected chi connectivity index (χ0v) is 17.6. The van der Waals surface area contributed by atoms with E-state index in [2.05, 4.69) is 4.72 Å². The second-order valence-electron chi connectivity index (χ2n) is 6.74. The van der Waals surface area contributed by atoms with Crippen LogP contribution in [0.3, 0.4) is 0 Å². The van der Waals surface area contributed by atoms with E-state index >= 15 is 0 Å². The lowest BCUT2D eigenvalue weighted by Crippen LogP contribution is -2.31. The van der Waals surface area contributed by atoms with Crippen molar-refractivity contribution in [3.8, 4) is 0 Å². The third kappa shape index (κ3) is 5.82. The van der Waals surface area contributed by atoms with Crippen LogP contribution in [-0.4, -0.2) is 39.1 Å². The highest BCUT2D eigenvalue weighted by Crippen LogP contribution is 2.16. The van der Waals surface area contributed by atoms with Gasteiger partial charge in [-0.1, -0.05) is 18.2 Å². The van der Waals surface area contributed by atoms with Crippen molar-refractivity contribution in [1.82, 2.24) is 4.72 Å². The van der Waals surface area contributed by atoms with E-state index in [-0.39, 0.29) is 16.5 Å². The molecule has 0 aromatic heterocycles. The Bertz CT molecular complexity index is 1060. The first-order chi connectivity index (χ1) is 13.5. The third-order valence-corrected chi connectivity index (χ3v) is 5.90. The van der Waals surface area contributed by atoms with E-state index in [0.29, 0.717) is 11.1 Å². The SMILES string of the molecule is CC(=O)c1ccc(S(=O)(=O)NCC(=O)OCC(=O)c2cc(C)c(C)cc2C)cc1. The second kappa shape index (κ2) is 9.11. The van der Waals surface area contributed by atoms with Gasteiger partial charge in [-0.05, 0) is 62.6 Å². The zero-order chi connectivity index (χ0) is 21.8. The van der Waals surface area contributed by atoms with Crippen molar-refractivity contribution in [3.05, 3.63) is 64.2 Å². The molecular formula is C21H23NO6S. The van der Waals surface area contributed by atoms with Crippen molar-refractivity contribution in [2.75, 3.05) is 13.2 Å². The minimum absolute atomic E-state index is 0.0860. The fraction of sp³-hybridized carbons (Fsp3) is 0.286. The van der Waals surface area contributed by atoms with Crippen molar-refractivity contribution in [1.29, 1.82) is 0 Å². The number of aryl methyl sites for hydroxylation is 3. The Morgan fingerprint density at radius 1 is 0.931 bits per heavy atom. The lowest BCUT2D eigenvalue weighted by atomic mass is 9.98. The van der Waals surface area contributed by atoms with Gasteiger partial charge in [-0.2, -0.15) is 4.72 Å². The number of ether oxygens (including phenoxy) is 1. The Kier molecular flexibility index (Phi) is 7.05. The van der Waals surface area contributed by atoms with E-state index in [1.54, 1.807) is 13.0 Å². The molecule has 0 bridgehead atoms. The van der Waals surface area contributed by atoms with E-state index in [4.69, 9.17) is 4.74 Å². The van der Waals surface area contributed by atoms with Gasteiger partial charge < -0.3 is 4.74 Å². The average Bonchev–Trinajstić information content (AvgIpc) is 2.67. The fourth-order valence-electron chi connectivity index (χ4n) is 2.64. The van der Waals surface area contributed by atoms with E-state index in [9.17, 15) is 22.8 Å². The summed E-state index contributed by atoms with van der Waals surface area (Å²) in [4.78, 5) is 35.3. The van der Waals surface area contributed by atoms with Crippen LogP contribution in [0.5, 0.6) is 0 Å². The number of ketones is 2. The Labute approximate surface area is 170 Å². The molecule has 0 amide bonds. The summed E-state index contributed by atoms with van der Waals surface area (Å²) in [5.41, 5.74) is 3.63. The molecule has 0 saturated heterocycles. The van der Waals surface area contributed by atoms with Crippen molar-refractivity contribution in [2.45, 2.75) is 32.6 Å². The maximum Gasteiger partial charge on any atom is 0.321 e. The highest BCUT2D eigenvalue weighted by molar-refractivity contribution is 7.89. The van der Waals surface area contributed by atoms with E-state index in [1.807, 2.05) is 19.9 Å². The average molecular weight is 417 g/mol. The second-order valence-corrected chi connectivity index (χ2v) is 8.51. The summed E-state index contributed by atoms with van der Waals surface area (Å²) >= 11 is 0. The van der Waals surface area contributed by atoms with Crippen LogP contribution in [0.1, 0.15) is 44.3 Å². The van der Waals surface area contributed by atoms with Crippen LogP contribution in [0, 0.1) is 20.8 Å². The summed E-state index contributed by atoms with van der Waals surface area (Å²) < 4.78 is 31.5. The van der Waals surface area contributed by atoms with Crippen LogP contribution in [0.15, 0.2) is 41.3 Å². The van der Waals surface area contributed by atoms with E-state index in [0.717, 1.165) is 16.7 Å². The Morgan fingerprint density at radius 2 is 1.52 bits per heavy atom. The highest BCUT2D eigenvalue weighted by Gasteiger charge is 2.18. The van der Waals surface area contributed by atoms with Crippen molar-refractivity contribution in [2.24, 2.45) is 0 Å². The van der Waals surface area contributed by atoms with Crippen LogP contribution in [0.25, 0.3) is 0 Å². The van der Waals surface area contributed by atoms with Gasteiger partial charge in [-0.15, -0.1) is 0 Å². The van der Waals surface area contributed by atoms with E-state index < -0.39 is 29.1 Å². The minimum atomic E-state index is -3.95. The number of sulfonamides is 1. The van der Waals surface area contributed by atoms with Gasteiger partial charge in [-0.3, -0.25) is 14.4 Å². The standard InChI is InChI=1S/C21H23NO6S/c1-13-9-15(3)19(10-14(13)2)20(24)12-28-21(25)11-22-29(26,27)18-7-5-17(6-8-18)16(4)23/h5-10,22H,11-12H2,1-4H3. The molecule has 0 radical (unpaired) electrons. The number of hydrogen-bond donors (Lipinski definition) is 1. The number of nitrogens with one attached hydrogen (secondary N) is 1. The molecule has 29 heavy (non-hydrogen) atoms. The lowest BCUT2D eigenvalue weighted by molar-refractivity contribution is -0.141. The van der Waals surface area contributed by atoms with Gasteiger partial charge in [0.1, 0.15) is 6.54 Å². The molecule has 154 valence electrons. The molecule has 2 rings (SSSR count). The molecule has 0 saturated carbocycles. The molecule has 2 aromatic rings. The maximum atomic E-state index is 12.3. The van der Waals surface area contributed by atoms with Crippen LogP contribution in [-0.2, 0) is 19.6 Å². The Morgan fingerprint density at radius 3 is 2.10 bits per heavy atom. The molecule has 8 heteroatoms. The summed E-state index contributed by atoms with van der Waals surface area (Å²) in [5, 5.41) is 0. The molecule has 0 aliphatic heterocycles. The Hall–Kier alpha value is -2.84. The number of benzene rings is 2. The highest BCUT2D eigenvalue weighted by atomic mass is 32.2. The summed E-state index contributed by atoms with van der Waals surface area (Å²) in [6.45, 7) is 5.91. The van der Waals surface area contributed by atoms with Gasteiger partial charge in [0, 0.05) is 11.1 Å². The smallest absolute Gasteiger partial charge is 0.321 e. The predicted molar refractivity (Wildman–Crippen MR) is 108 cm³/mol. The first-order valence-corrected chi connectivity index (χ1v) is 10.4. The van der Waals surface area contributed by atoms with Gasteiger partial charge in [0.15, 0.2) is 12.4 Å². The molecule has 1 N–H and O–H groups in total. The predicted octanol–water partition coefficient (Wildman–Crippen LogP) is 2.52. The van der Waals surface area contributed by atoms with Crippen molar-refractivity contribution < 1.29 is 27.5 Å². The monoisotopic (exact) mass is 417 g/mol. The van der Waals surface area contributed by atoms with Gasteiger partial charge in [0.25, 0.3) is 0 Å². The topological polar surface area (TPSA) is 107 Å². The zero-order valence-electron chi connectivity index (χ0n) is 16.7. The summed E-state index contributed by atoms with van der Waals surface area (Å²) in [7, 11) is -3.95. The molecule has 0 spiro atoms. The first kappa shape index (κ1) is 22.4. The van der Waals surface area contributed by atoms with Crippen LogP contribution >= 0.6 is 0 Å². The molecule has 2 aromatic carbocycles. The first-order valence-electron chi connectivity index (χ1n) is 8.88. The number of rotatable bonds is 8. The Balaban J connectivity index is 1.93. The molecule has 7 nitrogen and oxygen atoms in total. The van der Waals surface area contributed by atoms with Crippen molar-refractivity contribution >= 4 is 27.6 Å². The molecule has 0 fully saturated rings. The quantitative estimate of drug-likeness (QED) is 0.522. The van der Waals surface area contributed by atoms with Gasteiger partial charge >= 0.3 is 5.97 Å². The molecule has 0 aliphatic rings. The largest absolute Gasteiger partial charge is 0.456 e. The number of hydrogen-bond acceptors (Lipinski definition) is 6. The molecule has 0 atom stereocenters. The summed E-state index contributed by atoms with van der Waals surface area (Å²) in [5.74, 6) is -1.42. The molecule has 0 heterocycles. The van der Waals surface area contributed by atoms with E-state index in [1.165, 1.54) is 31.2 Å². The molecule has 0 unspecified atom stereocenters. The van der Waals surface area contributed by atoms with Crippen LogP contribution < -0.4 is 4.72 Å². The molecular weight excluding hydrogens is 394 g/mol. The number of carbonyl (C=O) groups excluding carboxylic acids is 3. The number of carbonyl (C=O) groups is 3. The number of esters is 1. The minimum Gasteiger partial charge on any atom is -0.456 e. The van der Waals surface area contributed by atoms with Gasteiger partial charge in [0.2, 0.25) is 15.8 Å². The third-order valence-electron chi connectivity index (χ3n) is 4.48. The normalized spacial score (nSPS) is 11.2. The van der Waals surface area contributed by atoms with Crippen molar-refractivity contribution in [3.63, 3.8) is 0 Å².